The van der Waals surface area contributed by atoms with E-state index in [1.165, 1.54) is 23.5 Å². The molecule has 1 aromatic carbocycles. The van der Waals surface area contributed by atoms with Gasteiger partial charge in [-0.3, -0.25) is 9.12 Å². The minimum absolute atomic E-state index is 0.0567. The topological polar surface area (TPSA) is 63.5 Å². The molecule has 3 aromatic rings. The van der Waals surface area contributed by atoms with Gasteiger partial charge >= 0.3 is 0 Å². The van der Waals surface area contributed by atoms with Crippen LogP contribution in [-0.2, 0) is 10.0 Å². The van der Waals surface area contributed by atoms with E-state index in [1.807, 2.05) is 20.8 Å². The fourth-order valence-corrected chi connectivity index (χ4v) is 4.83. The van der Waals surface area contributed by atoms with Crippen molar-refractivity contribution in [3.8, 4) is 0 Å². The molecule has 0 aliphatic carbocycles. The number of hydrogen-bond acceptors (Lipinski definition) is 4. The number of fused-ring (bicyclic) bond motifs is 1. The maximum Gasteiger partial charge on any atom is 0.279 e. The Morgan fingerprint density at radius 2 is 2.00 bits per heavy atom. The number of imidazole rings is 1. The lowest BCUT2D eigenvalue weighted by molar-refractivity contribution is 0.593. The van der Waals surface area contributed by atoms with Crippen LogP contribution in [0.15, 0.2) is 29.4 Å². The molecule has 0 amide bonds. The zero-order valence-electron chi connectivity index (χ0n) is 13.8. The molecule has 5 nitrogen and oxygen atoms in total. The molecule has 0 saturated carbocycles. The van der Waals surface area contributed by atoms with Crippen LogP contribution in [0.2, 0.25) is 0 Å². The molecule has 0 atom stereocenters. The molecule has 2 heterocycles. The molecular weight excluding hydrogens is 349 g/mol. The van der Waals surface area contributed by atoms with E-state index in [2.05, 4.69) is 9.71 Å². The summed E-state index contributed by atoms with van der Waals surface area (Å²) in [5.41, 5.74) is 1.15. The van der Waals surface area contributed by atoms with Gasteiger partial charge in [0.05, 0.1) is 11.4 Å². The molecule has 24 heavy (non-hydrogen) atoms. The van der Waals surface area contributed by atoms with Crippen molar-refractivity contribution in [3.05, 3.63) is 46.3 Å². The quantitative estimate of drug-likeness (QED) is 0.756. The fourth-order valence-electron chi connectivity index (χ4n) is 2.46. The van der Waals surface area contributed by atoms with E-state index >= 15 is 0 Å². The lowest BCUT2D eigenvalue weighted by Gasteiger charge is -2.11. The monoisotopic (exact) mass is 367 g/mol. The van der Waals surface area contributed by atoms with Gasteiger partial charge in [-0.15, -0.1) is 11.3 Å². The largest absolute Gasteiger partial charge is 0.279 e. The third-order valence-corrected chi connectivity index (χ3v) is 5.97. The Labute approximate surface area is 144 Å². The lowest BCUT2D eigenvalue weighted by atomic mass is 10.2. The Morgan fingerprint density at radius 3 is 2.62 bits per heavy atom. The molecule has 0 bridgehead atoms. The number of aromatic nitrogens is 2. The fraction of sp³-hybridized carbons (Fsp3) is 0.312. The van der Waals surface area contributed by atoms with Gasteiger partial charge in [-0.25, -0.2) is 9.37 Å². The van der Waals surface area contributed by atoms with Crippen LogP contribution in [0.4, 0.5) is 10.1 Å². The minimum Gasteiger partial charge on any atom is -0.279 e. The minimum atomic E-state index is -3.90. The predicted octanol–water partition coefficient (Wildman–Crippen LogP) is 4.08. The highest BCUT2D eigenvalue weighted by Gasteiger charge is 2.28. The lowest BCUT2D eigenvalue weighted by Crippen LogP contribution is -2.17. The first-order valence-electron chi connectivity index (χ1n) is 7.46. The van der Waals surface area contributed by atoms with Crippen molar-refractivity contribution >= 4 is 32.0 Å². The van der Waals surface area contributed by atoms with E-state index in [9.17, 15) is 12.8 Å². The first kappa shape index (κ1) is 16.9. The van der Waals surface area contributed by atoms with Crippen LogP contribution in [0, 0.1) is 19.7 Å². The van der Waals surface area contributed by atoms with E-state index in [-0.39, 0.29) is 16.6 Å². The van der Waals surface area contributed by atoms with E-state index in [0.29, 0.717) is 16.2 Å². The summed E-state index contributed by atoms with van der Waals surface area (Å²) < 4.78 is 43.6. The summed E-state index contributed by atoms with van der Waals surface area (Å²) in [5, 5.41) is 0.109. The van der Waals surface area contributed by atoms with Gasteiger partial charge in [-0.2, -0.15) is 8.42 Å². The molecule has 0 radical (unpaired) electrons. The summed E-state index contributed by atoms with van der Waals surface area (Å²) in [5.74, 6) is -0.511. The van der Waals surface area contributed by atoms with Crippen molar-refractivity contribution in [2.45, 2.75) is 38.6 Å². The molecule has 0 aliphatic heterocycles. The number of hydrogen-bond donors (Lipinski definition) is 1. The van der Waals surface area contributed by atoms with Gasteiger partial charge in [-0.1, -0.05) is 19.9 Å². The van der Waals surface area contributed by atoms with Gasteiger partial charge in [0.2, 0.25) is 0 Å². The van der Waals surface area contributed by atoms with Gasteiger partial charge in [0.25, 0.3) is 10.0 Å². The van der Waals surface area contributed by atoms with Crippen molar-refractivity contribution < 1.29 is 12.8 Å². The molecule has 0 unspecified atom stereocenters. The summed E-state index contributed by atoms with van der Waals surface area (Å²) in [7, 11) is -3.90. The van der Waals surface area contributed by atoms with E-state index < -0.39 is 15.8 Å². The van der Waals surface area contributed by atoms with Crippen LogP contribution < -0.4 is 4.72 Å². The average Bonchev–Trinajstić information content (AvgIpc) is 2.98. The zero-order chi connectivity index (χ0) is 17.6. The Kier molecular flexibility index (Phi) is 4.13. The average molecular weight is 367 g/mol. The van der Waals surface area contributed by atoms with Gasteiger partial charge < -0.3 is 0 Å². The van der Waals surface area contributed by atoms with Crippen molar-refractivity contribution in [2.75, 3.05) is 4.72 Å². The van der Waals surface area contributed by atoms with Crippen molar-refractivity contribution in [1.82, 2.24) is 9.38 Å². The molecule has 3 rings (SSSR count). The molecule has 8 heteroatoms. The summed E-state index contributed by atoms with van der Waals surface area (Å²) in [6.07, 6.45) is 1.75. The molecule has 0 saturated heterocycles. The van der Waals surface area contributed by atoms with Crippen LogP contribution in [0.25, 0.3) is 4.96 Å². The molecule has 0 spiro atoms. The number of thiazole rings is 1. The second-order valence-corrected chi connectivity index (χ2v) is 8.83. The highest BCUT2D eigenvalue weighted by atomic mass is 32.2. The van der Waals surface area contributed by atoms with Crippen LogP contribution in [-0.4, -0.2) is 17.8 Å². The van der Waals surface area contributed by atoms with Gasteiger partial charge in [-0.05, 0) is 37.5 Å². The second kappa shape index (κ2) is 5.86. The van der Waals surface area contributed by atoms with Crippen LogP contribution in [0.3, 0.4) is 0 Å². The SMILES string of the molecule is Cc1cn2c(S(=O)(=O)Nc3ccc(C)c(F)c3)c(C(C)C)nc2s1. The number of halogens is 1. The standard InChI is InChI=1S/C16H18FN3O2S2/c1-9(2)14-15(20-8-11(4)23-16(20)18-14)24(21,22)19-12-6-5-10(3)13(17)7-12/h5-9,19H,1-4H3. The van der Waals surface area contributed by atoms with Crippen molar-refractivity contribution in [2.24, 2.45) is 0 Å². The van der Waals surface area contributed by atoms with Crippen LogP contribution >= 0.6 is 11.3 Å². The Morgan fingerprint density at radius 1 is 1.29 bits per heavy atom. The molecular formula is C16H18FN3O2S2. The highest BCUT2D eigenvalue weighted by Crippen LogP contribution is 2.30. The third-order valence-electron chi connectivity index (χ3n) is 3.65. The molecule has 2 aromatic heterocycles. The molecule has 0 fully saturated rings. The van der Waals surface area contributed by atoms with Crippen molar-refractivity contribution in [3.63, 3.8) is 0 Å². The molecule has 128 valence electrons. The maximum atomic E-state index is 13.7. The summed E-state index contributed by atoms with van der Waals surface area (Å²) in [6, 6.07) is 4.26. The maximum absolute atomic E-state index is 13.7. The number of aryl methyl sites for hydroxylation is 2. The Bertz CT molecular complexity index is 1020. The van der Waals surface area contributed by atoms with Crippen LogP contribution in [0.5, 0.6) is 0 Å². The number of anilines is 1. The number of benzene rings is 1. The number of nitrogens with zero attached hydrogens (tertiary/aromatic N) is 2. The normalized spacial score (nSPS) is 12.2. The highest BCUT2D eigenvalue weighted by molar-refractivity contribution is 7.92. The number of sulfonamides is 1. The van der Waals surface area contributed by atoms with E-state index in [4.69, 9.17) is 0 Å². The van der Waals surface area contributed by atoms with Crippen molar-refractivity contribution in [1.29, 1.82) is 0 Å². The first-order valence-corrected chi connectivity index (χ1v) is 9.76. The predicted molar refractivity (Wildman–Crippen MR) is 93.8 cm³/mol. The van der Waals surface area contributed by atoms with Gasteiger partial charge in [0, 0.05) is 11.1 Å². The zero-order valence-corrected chi connectivity index (χ0v) is 15.4. The first-order chi connectivity index (χ1) is 11.2. The Hall–Kier alpha value is -1.93. The Balaban J connectivity index is 2.13. The molecule has 0 aliphatic rings. The summed E-state index contributed by atoms with van der Waals surface area (Å²) in [4.78, 5) is 6.06. The van der Waals surface area contributed by atoms with E-state index in [1.54, 1.807) is 23.6 Å². The second-order valence-electron chi connectivity index (χ2n) is 6.02. The number of nitrogens with one attached hydrogen (secondary N) is 1. The number of rotatable bonds is 4. The third kappa shape index (κ3) is 2.91. The van der Waals surface area contributed by atoms with Gasteiger partial charge in [0.1, 0.15) is 5.82 Å². The van der Waals surface area contributed by atoms with Gasteiger partial charge in [0.15, 0.2) is 9.99 Å². The summed E-state index contributed by atoms with van der Waals surface area (Å²) in [6.45, 7) is 7.31. The van der Waals surface area contributed by atoms with E-state index in [0.717, 1.165) is 4.88 Å². The summed E-state index contributed by atoms with van der Waals surface area (Å²) >= 11 is 1.43. The smallest absolute Gasteiger partial charge is 0.279 e. The molecule has 1 N–H and O–H groups in total. The van der Waals surface area contributed by atoms with Crippen LogP contribution in [0.1, 0.15) is 35.9 Å².